The number of rotatable bonds is 4. The molecule has 1 heterocycles. The van der Waals surface area contributed by atoms with Gasteiger partial charge in [-0.3, -0.25) is 0 Å². The number of pyridine rings is 1. The first-order chi connectivity index (χ1) is 6.70. The number of hydrogen-bond acceptors (Lipinski definition) is 3. The predicted octanol–water partition coefficient (Wildman–Crippen LogP) is 2.32. The van der Waals surface area contributed by atoms with Crippen molar-refractivity contribution in [2.75, 3.05) is 7.11 Å². The van der Waals surface area contributed by atoms with Crippen molar-refractivity contribution < 1.29 is 4.74 Å². The minimum absolute atomic E-state index is 0.219. The SMILES string of the molecule is C=CC[C@H](N)c1c(OC)ccnc1Cl. The van der Waals surface area contributed by atoms with E-state index < -0.39 is 0 Å². The lowest BCUT2D eigenvalue weighted by Crippen LogP contribution is -2.11. The molecule has 0 unspecified atom stereocenters. The van der Waals surface area contributed by atoms with Gasteiger partial charge in [0.25, 0.3) is 0 Å². The fourth-order valence-corrected chi connectivity index (χ4v) is 1.53. The van der Waals surface area contributed by atoms with Crippen molar-refractivity contribution in [1.29, 1.82) is 0 Å². The molecule has 2 N–H and O–H groups in total. The van der Waals surface area contributed by atoms with Gasteiger partial charge >= 0.3 is 0 Å². The van der Waals surface area contributed by atoms with E-state index in [0.29, 0.717) is 17.3 Å². The molecule has 0 amide bonds. The summed E-state index contributed by atoms with van der Waals surface area (Å²) in [6, 6.07) is 1.52. The molecule has 0 aliphatic rings. The van der Waals surface area contributed by atoms with Crippen LogP contribution in [-0.2, 0) is 0 Å². The second-order valence-electron chi connectivity index (χ2n) is 2.85. The van der Waals surface area contributed by atoms with Crippen LogP contribution in [0.5, 0.6) is 5.75 Å². The first kappa shape index (κ1) is 11.0. The minimum Gasteiger partial charge on any atom is -0.496 e. The maximum atomic E-state index is 5.93. The highest BCUT2D eigenvalue weighted by molar-refractivity contribution is 6.30. The number of hydrogen-bond donors (Lipinski definition) is 1. The molecule has 4 heteroatoms. The lowest BCUT2D eigenvalue weighted by atomic mass is 10.1. The summed E-state index contributed by atoms with van der Waals surface area (Å²) < 4.78 is 5.15. The Kier molecular flexibility index (Phi) is 3.92. The average Bonchev–Trinajstić information content (AvgIpc) is 2.17. The van der Waals surface area contributed by atoms with Crippen LogP contribution in [0.15, 0.2) is 24.9 Å². The van der Waals surface area contributed by atoms with Crippen molar-refractivity contribution in [3.8, 4) is 5.75 Å². The molecule has 0 fully saturated rings. The first-order valence-electron chi connectivity index (χ1n) is 4.25. The molecular weight excluding hydrogens is 200 g/mol. The summed E-state index contributed by atoms with van der Waals surface area (Å²) in [4.78, 5) is 3.96. The summed E-state index contributed by atoms with van der Waals surface area (Å²) in [6.45, 7) is 3.63. The second kappa shape index (κ2) is 4.98. The smallest absolute Gasteiger partial charge is 0.137 e. The number of ether oxygens (including phenoxy) is 1. The molecule has 1 aromatic heterocycles. The van der Waals surface area contributed by atoms with E-state index in [-0.39, 0.29) is 6.04 Å². The molecule has 0 aliphatic carbocycles. The topological polar surface area (TPSA) is 48.1 Å². The Labute approximate surface area is 88.5 Å². The van der Waals surface area contributed by atoms with Gasteiger partial charge in [0.2, 0.25) is 0 Å². The van der Waals surface area contributed by atoms with Crippen LogP contribution in [0.25, 0.3) is 0 Å². The number of halogens is 1. The van der Waals surface area contributed by atoms with Gasteiger partial charge in [0.05, 0.1) is 7.11 Å². The molecule has 1 rings (SSSR count). The van der Waals surface area contributed by atoms with Crippen molar-refractivity contribution in [2.45, 2.75) is 12.5 Å². The molecule has 3 nitrogen and oxygen atoms in total. The zero-order valence-electron chi connectivity index (χ0n) is 8.03. The average molecular weight is 213 g/mol. The monoisotopic (exact) mass is 212 g/mol. The number of nitrogens with two attached hydrogens (primary N) is 1. The van der Waals surface area contributed by atoms with E-state index >= 15 is 0 Å². The summed E-state index contributed by atoms with van der Waals surface area (Å²) in [7, 11) is 1.58. The lowest BCUT2D eigenvalue weighted by Gasteiger charge is -2.14. The van der Waals surface area contributed by atoms with Gasteiger partial charge in [-0.1, -0.05) is 17.7 Å². The van der Waals surface area contributed by atoms with Crippen LogP contribution in [0.3, 0.4) is 0 Å². The zero-order chi connectivity index (χ0) is 10.6. The van der Waals surface area contributed by atoms with Crippen LogP contribution in [0.1, 0.15) is 18.0 Å². The molecule has 0 spiro atoms. The summed E-state index contributed by atoms with van der Waals surface area (Å²) in [6.07, 6.45) is 3.97. The molecule has 1 aromatic rings. The minimum atomic E-state index is -0.219. The van der Waals surface area contributed by atoms with Gasteiger partial charge in [0, 0.05) is 17.8 Å². The molecule has 0 aliphatic heterocycles. The molecule has 0 saturated carbocycles. The maximum Gasteiger partial charge on any atom is 0.137 e. The molecule has 0 radical (unpaired) electrons. The quantitative estimate of drug-likeness (QED) is 0.616. The van der Waals surface area contributed by atoms with E-state index in [0.717, 1.165) is 5.56 Å². The third-order valence-electron chi connectivity index (χ3n) is 1.91. The Hall–Kier alpha value is -1.06. The Morgan fingerprint density at radius 1 is 1.79 bits per heavy atom. The van der Waals surface area contributed by atoms with Crippen molar-refractivity contribution in [3.05, 3.63) is 35.6 Å². The van der Waals surface area contributed by atoms with Crippen molar-refractivity contribution in [1.82, 2.24) is 4.98 Å². The van der Waals surface area contributed by atoms with E-state index in [1.54, 1.807) is 25.4 Å². The van der Waals surface area contributed by atoms with E-state index in [2.05, 4.69) is 11.6 Å². The van der Waals surface area contributed by atoms with Crippen LogP contribution in [0.2, 0.25) is 5.15 Å². The van der Waals surface area contributed by atoms with Crippen LogP contribution in [0, 0.1) is 0 Å². The van der Waals surface area contributed by atoms with Crippen molar-refractivity contribution in [3.63, 3.8) is 0 Å². The van der Waals surface area contributed by atoms with Crippen molar-refractivity contribution in [2.24, 2.45) is 5.73 Å². The highest BCUT2D eigenvalue weighted by Crippen LogP contribution is 2.30. The number of aromatic nitrogens is 1. The Morgan fingerprint density at radius 3 is 3.07 bits per heavy atom. The Bertz CT molecular complexity index is 328. The van der Waals surface area contributed by atoms with Gasteiger partial charge in [-0.05, 0) is 12.5 Å². The fraction of sp³-hybridized carbons (Fsp3) is 0.300. The fourth-order valence-electron chi connectivity index (χ4n) is 1.24. The maximum absolute atomic E-state index is 5.93. The Balaban J connectivity index is 3.09. The first-order valence-corrected chi connectivity index (χ1v) is 4.63. The zero-order valence-corrected chi connectivity index (χ0v) is 8.79. The van der Waals surface area contributed by atoms with Crippen LogP contribution in [0.4, 0.5) is 0 Å². The molecule has 0 aromatic carbocycles. The highest BCUT2D eigenvalue weighted by Gasteiger charge is 2.15. The van der Waals surface area contributed by atoms with E-state index in [1.165, 1.54) is 0 Å². The van der Waals surface area contributed by atoms with Crippen LogP contribution >= 0.6 is 11.6 Å². The largest absolute Gasteiger partial charge is 0.496 e. The third-order valence-corrected chi connectivity index (χ3v) is 2.21. The van der Waals surface area contributed by atoms with Gasteiger partial charge in [0.15, 0.2) is 0 Å². The summed E-state index contributed by atoms with van der Waals surface area (Å²) in [5.41, 5.74) is 6.64. The van der Waals surface area contributed by atoms with Crippen molar-refractivity contribution >= 4 is 11.6 Å². The number of methoxy groups -OCH3 is 1. The van der Waals surface area contributed by atoms with Gasteiger partial charge in [-0.2, -0.15) is 0 Å². The van der Waals surface area contributed by atoms with Gasteiger partial charge < -0.3 is 10.5 Å². The second-order valence-corrected chi connectivity index (χ2v) is 3.21. The van der Waals surface area contributed by atoms with E-state index in [1.807, 2.05) is 0 Å². The molecule has 76 valence electrons. The molecular formula is C10H13ClN2O. The van der Waals surface area contributed by atoms with Crippen LogP contribution in [-0.4, -0.2) is 12.1 Å². The molecule has 0 bridgehead atoms. The normalized spacial score (nSPS) is 12.2. The Morgan fingerprint density at radius 2 is 2.50 bits per heavy atom. The van der Waals surface area contributed by atoms with E-state index in [4.69, 9.17) is 22.1 Å². The van der Waals surface area contributed by atoms with Crippen LogP contribution < -0.4 is 10.5 Å². The number of nitrogens with zero attached hydrogens (tertiary/aromatic N) is 1. The standard InChI is InChI=1S/C10H13ClN2O/c1-3-4-7(12)9-8(14-2)5-6-13-10(9)11/h3,5-7H,1,4,12H2,2H3/t7-/m0/s1. The summed E-state index contributed by atoms with van der Waals surface area (Å²) in [5.74, 6) is 0.666. The third kappa shape index (κ3) is 2.25. The molecule has 14 heavy (non-hydrogen) atoms. The van der Waals surface area contributed by atoms with Gasteiger partial charge in [-0.25, -0.2) is 4.98 Å². The van der Waals surface area contributed by atoms with Gasteiger partial charge in [0.1, 0.15) is 10.9 Å². The summed E-state index contributed by atoms with van der Waals surface area (Å²) in [5, 5.41) is 0.388. The lowest BCUT2D eigenvalue weighted by molar-refractivity contribution is 0.405. The molecule has 1 atom stereocenters. The van der Waals surface area contributed by atoms with E-state index in [9.17, 15) is 0 Å². The van der Waals surface area contributed by atoms with Gasteiger partial charge in [-0.15, -0.1) is 6.58 Å². The molecule has 0 saturated heterocycles. The predicted molar refractivity (Wildman–Crippen MR) is 57.5 cm³/mol. The highest BCUT2D eigenvalue weighted by atomic mass is 35.5. The summed E-state index contributed by atoms with van der Waals surface area (Å²) >= 11 is 5.93.